The van der Waals surface area contributed by atoms with E-state index in [9.17, 15) is 9.59 Å². The van der Waals surface area contributed by atoms with Gasteiger partial charge in [-0.2, -0.15) is 0 Å². The second-order valence-electron chi connectivity index (χ2n) is 9.13. The molecule has 0 aliphatic rings. The lowest BCUT2D eigenvalue weighted by Crippen LogP contribution is -2.51. The molecule has 0 aliphatic heterocycles. The zero-order valence-electron chi connectivity index (χ0n) is 18.9. The minimum absolute atomic E-state index is 0.0349. The van der Waals surface area contributed by atoms with Crippen LogP contribution in [0.5, 0.6) is 0 Å². The maximum absolute atomic E-state index is 12.6. The van der Waals surface area contributed by atoms with Gasteiger partial charge >= 0.3 is 0 Å². The highest BCUT2D eigenvalue weighted by atomic mass is 16.2. The first-order valence-electron chi connectivity index (χ1n) is 10.5. The molecule has 5 heteroatoms. The van der Waals surface area contributed by atoms with Gasteiger partial charge in [0.1, 0.15) is 0 Å². The van der Waals surface area contributed by atoms with E-state index in [0.29, 0.717) is 0 Å². The lowest BCUT2D eigenvalue weighted by atomic mass is 9.93. The predicted molar refractivity (Wildman–Crippen MR) is 122 cm³/mol. The average molecular weight is 410 g/mol. The Bertz CT molecular complexity index is 817. The summed E-state index contributed by atoms with van der Waals surface area (Å²) in [7, 11) is 1.82. The molecule has 0 aromatic heterocycles. The van der Waals surface area contributed by atoms with Crippen LogP contribution in [0.15, 0.2) is 60.7 Å². The molecule has 0 atom stereocenters. The summed E-state index contributed by atoms with van der Waals surface area (Å²) < 4.78 is 0. The summed E-state index contributed by atoms with van der Waals surface area (Å²) in [5, 5.41) is 6.03. The van der Waals surface area contributed by atoms with Crippen LogP contribution < -0.4 is 10.6 Å². The van der Waals surface area contributed by atoms with Gasteiger partial charge in [-0.3, -0.25) is 14.9 Å². The van der Waals surface area contributed by atoms with Gasteiger partial charge < -0.3 is 10.2 Å². The second kappa shape index (κ2) is 10.4. The number of carbonyl (C=O) groups is 2. The zero-order chi connectivity index (χ0) is 22.2. The number of likely N-dealkylation sites (N-methyl/N-ethyl adjacent to an activating group) is 1. The SMILES string of the molecule is CN(C(=O)CNCC(=O)NC(C)(C)Cc1ccccc1)C(C)(C)Cc1ccccc1. The zero-order valence-corrected chi connectivity index (χ0v) is 18.9. The molecule has 2 N–H and O–H groups in total. The van der Waals surface area contributed by atoms with Crippen LogP contribution >= 0.6 is 0 Å². The van der Waals surface area contributed by atoms with E-state index in [0.717, 1.165) is 12.8 Å². The van der Waals surface area contributed by atoms with Crippen molar-refractivity contribution in [1.82, 2.24) is 15.5 Å². The summed E-state index contributed by atoms with van der Waals surface area (Å²) in [5.41, 5.74) is 1.68. The maximum Gasteiger partial charge on any atom is 0.236 e. The van der Waals surface area contributed by atoms with Gasteiger partial charge in [0.05, 0.1) is 13.1 Å². The smallest absolute Gasteiger partial charge is 0.236 e. The number of hydrogen-bond donors (Lipinski definition) is 2. The molecule has 0 radical (unpaired) electrons. The van der Waals surface area contributed by atoms with Crippen LogP contribution in [0.1, 0.15) is 38.8 Å². The molecule has 5 nitrogen and oxygen atoms in total. The number of nitrogens with zero attached hydrogens (tertiary/aromatic N) is 1. The molecule has 0 saturated heterocycles. The lowest BCUT2D eigenvalue weighted by Gasteiger charge is -2.36. The Morgan fingerprint density at radius 1 is 0.800 bits per heavy atom. The van der Waals surface area contributed by atoms with Crippen LogP contribution in [0.2, 0.25) is 0 Å². The molecule has 0 unspecified atom stereocenters. The van der Waals surface area contributed by atoms with Gasteiger partial charge in [0.25, 0.3) is 0 Å². The highest BCUT2D eigenvalue weighted by Gasteiger charge is 2.28. The highest BCUT2D eigenvalue weighted by molar-refractivity contribution is 5.81. The number of amides is 2. The fourth-order valence-electron chi connectivity index (χ4n) is 3.53. The Balaban J connectivity index is 1.77. The van der Waals surface area contributed by atoms with Crippen molar-refractivity contribution < 1.29 is 9.59 Å². The van der Waals surface area contributed by atoms with Gasteiger partial charge in [-0.1, -0.05) is 60.7 Å². The number of carbonyl (C=O) groups excluding carboxylic acids is 2. The van der Waals surface area contributed by atoms with Crippen LogP contribution in [-0.2, 0) is 22.4 Å². The molecule has 0 spiro atoms. The second-order valence-corrected chi connectivity index (χ2v) is 9.13. The van der Waals surface area contributed by atoms with E-state index in [4.69, 9.17) is 0 Å². The van der Waals surface area contributed by atoms with E-state index < -0.39 is 0 Å². The van der Waals surface area contributed by atoms with Crippen LogP contribution in [0.3, 0.4) is 0 Å². The summed E-state index contributed by atoms with van der Waals surface area (Å²) in [5.74, 6) is -0.151. The third kappa shape index (κ3) is 7.64. The monoisotopic (exact) mass is 409 g/mol. The Morgan fingerprint density at radius 3 is 1.83 bits per heavy atom. The summed E-state index contributed by atoms with van der Waals surface area (Å²) in [6.45, 7) is 8.34. The van der Waals surface area contributed by atoms with Crippen LogP contribution in [0.25, 0.3) is 0 Å². The number of benzene rings is 2. The summed E-state index contributed by atoms with van der Waals surface area (Å²) in [4.78, 5) is 26.7. The molecule has 2 aromatic carbocycles. The molecule has 2 rings (SSSR count). The first-order valence-corrected chi connectivity index (χ1v) is 10.5. The Hall–Kier alpha value is -2.66. The molecule has 0 fully saturated rings. The lowest BCUT2D eigenvalue weighted by molar-refractivity contribution is -0.133. The first kappa shape index (κ1) is 23.6. The molecule has 2 amide bonds. The predicted octanol–water partition coefficient (Wildman–Crippen LogP) is 3.19. The third-order valence-corrected chi connectivity index (χ3v) is 5.29. The van der Waals surface area contributed by atoms with Gasteiger partial charge in [0.2, 0.25) is 11.8 Å². The van der Waals surface area contributed by atoms with Gasteiger partial charge in [-0.05, 0) is 51.7 Å². The van der Waals surface area contributed by atoms with Crippen LogP contribution in [-0.4, -0.2) is 47.9 Å². The average Bonchev–Trinajstić information content (AvgIpc) is 2.67. The largest absolute Gasteiger partial charge is 0.350 e. The molecule has 30 heavy (non-hydrogen) atoms. The Kier molecular flexibility index (Phi) is 8.18. The van der Waals surface area contributed by atoms with Gasteiger partial charge in [0, 0.05) is 18.1 Å². The topological polar surface area (TPSA) is 61.4 Å². The number of nitrogens with one attached hydrogen (secondary N) is 2. The van der Waals surface area contributed by atoms with Crippen molar-refractivity contribution in [2.75, 3.05) is 20.1 Å². The normalized spacial score (nSPS) is 11.8. The highest BCUT2D eigenvalue weighted by Crippen LogP contribution is 2.19. The molecular weight excluding hydrogens is 374 g/mol. The number of rotatable bonds is 10. The van der Waals surface area contributed by atoms with Crippen molar-refractivity contribution >= 4 is 11.8 Å². The molecule has 162 valence electrons. The molecule has 0 aliphatic carbocycles. The van der Waals surface area contributed by atoms with E-state index in [1.807, 2.05) is 57.3 Å². The van der Waals surface area contributed by atoms with E-state index in [1.165, 1.54) is 11.1 Å². The molecule has 0 heterocycles. The van der Waals surface area contributed by atoms with Crippen molar-refractivity contribution in [2.24, 2.45) is 0 Å². The van der Waals surface area contributed by atoms with Crippen molar-refractivity contribution in [3.05, 3.63) is 71.8 Å². The fraction of sp³-hybridized carbons (Fsp3) is 0.440. The minimum Gasteiger partial charge on any atom is -0.350 e. The maximum atomic E-state index is 12.6. The standard InChI is InChI=1S/C25H35N3O2/c1-24(2,16-20-12-8-6-9-13-20)27-22(29)18-26-19-23(30)28(5)25(3,4)17-21-14-10-7-11-15-21/h6-15,26H,16-19H2,1-5H3,(H,27,29). The Morgan fingerprint density at radius 2 is 1.30 bits per heavy atom. The third-order valence-electron chi connectivity index (χ3n) is 5.29. The molecule has 0 bridgehead atoms. The minimum atomic E-state index is -0.363. The fourth-order valence-corrected chi connectivity index (χ4v) is 3.53. The summed E-state index contributed by atoms with van der Waals surface area (Å²) in [6.07, 6.45) is 1.51. The van der Waals surface area contributed by atoms with Crippen LogP contribution in [0.4, 0.5) is 0 Å². The van der Waals surface area contributed by atoms with E-state index in [-0.39, 0.29) is 36.0 Å². The van der Waals surface area contributed by atoms with Crippen molar-refractivity contribution in [2.45, 2.75) is 51.6 Å². The van der Waals surface area contributed by atoms with Gasteiger partial charge in [-0.25, -0.2) is 0 Å². The quantitative estimate of drug-likeness (QED) is 0.634. The van der Waals surface area contributed by atoms with E-state index >= 15 is 0 Å². The molecule has 0 saturated carbocycles. The van der Waals surface area contributed by atoms with Crippen molar-refractivity contribution in [1.29, 1.82) is 0 Å². The van der Waals surface area contributed by atoms with Crippen molar-refractivity contribution in [3.8, 4) is 0 Å². The van der Waals surface area contributed by atoms with Crippen LogP contribution in [0, 0.1) is 0 Å². The Labute approximate surface area is 180 Å². The van der Waals surface area contributed by atoms with E-state index in [2.05, 4.69) is 48.7 Å². The molecule has 2 aromatic rings. The van der Waals surface area contributed by atoms with E-state index in [1.54, 1.807) is 4.90 Å². The summed E-state index contributed by atoms with van der Waals surface area (Å²) >= 11 is 0. The number of hydrogen-bond acceptors (Lipinski definition) is 3. The van der Waals surface area contributed by atoms with Gasteiger partial charge in [0.15, 0.2) is 0 Å². The summed E-state index contributed by atoms with van der Waals surface area (Å²) in [6, 6.07) is 20.2. The first-order chi connectivity index (χ1) is 14.1. The van der Waals surface area contributed by atoms with Gasteiger partial charge in [-0.15, -0.1) is 0 Å². The molecular formula is C25H35N3O2. The van der Waals surface area contributed by atoms with Crippen molar-refractivity contribution in [3.63, 3.8) is 0 Å².